The highest BCUT2D eigenvalue weighted by Gasteiger charge is 2.56. The van der Waals surface area contributed by atoms with E-state index in [0.717, 1.165) is 11.3 Å². The number of hydrogen-bond donors (Lipinski definition) is 2. The number of halogens is 1. The Morgan fingerprint density at radius 3 is 2.58 bits per heavy atom. The van der Waals surface area contributed by atoms with E-state index in [9.17, 15) is 9.59 Å². The van der Waals surface area contributed by atoms with Crippen LogP contribution in [0.3, 0.4) is 0 Å². The molecule has 5 nitrogen and oxygen atoms in total. The first-order chi connectivity index (χ1) is 12.5. The summed E-state index contributed by atoms with van der Waals surface area (Å²) in [6.07, 6.45) is 1.77. The van der Waals surface area contributed by atoms with E-state index in [-0.39, 0.29) is 11.8 Å². The minimum atomic E-state index is -0.979. The molecule has 2 amide bonds. The Hall–Kier alpha value is -2.53. The maximum atomic E-state index is 12.6. The number of rotatable bonds is 7. The fraction of sp³-hybridized carbons (Fsp3) is 0.300. The largest absolute Gasteiger partial charge is 0.497 e. The molecule has 2 aromatic carbocycles. The molecule has 26 heavy (non-hydrogen) atoms. The van der Waals surface area contributed by atoms with Crippen molar-refractivity contribution in [3.63, 3.8) is 0 Å². The van der Waals surface area contributed by atoms with Crippen molar-refractivity contribution in [2.45, 2.75) is 19.3 Å². The van der Waals surface area contributed by atoms with E-state index in [0.29, 0.717) is 36.5 Å². The van der Waals surface area contributed by atoms with Gasteiger partial charge in [0.05, 0.1) is 17.8 Å². The molecule has 0 saturated heterocycles. The molecular formula is C20H21ClN2O3. The number of methoxy groups -OCH3 is 1. The predicted octanol–water partition coefficient (Wildman–Crippen LogP) is 3.43. The SMILES string of the molecule is COc1cccc(CCNC(=O)C2(C(=O)Nc3ccccc3Cl)CC2)c1. The molecule has 0 unspecified atom stereocenters. The van der Waals surface area contributed by atoms with Gasteiger partial charge in [-0.05, 0) is 49.1 Å². The Balaban J connectivity index is 1.55. The van der Waals surface area contributed by atoms with Crippen molar-refractivity contribution in [2.24, 2.45) is 5.41 Å². The van der Waals surface area contributed by atoms with E-state index >= 15 is 0 Å². The number of carbonyl (C=O) groups is 2. The zero-order chi connectivity index (χ0) is 18.6. The normalized spacial score (nSPS) is 14.4. The van der Waals surface area contributed by atoms with Crippen LogP contribution < -0.4 is 15.4 Å². The van der Waals surface area contributed by atoms with Crippen LogP contribution in [-0.4, -0.2) is 25.5 Å². The first kappa shape index (κ1) is 18.3. The molecule has 136 valence electrons. The Morgan fingerprint density at radius 1 is 1.12 bits per heavy atom. The van der Waals surface area contributed by atoms with Crippen LogP contribution in [0.2, 0.25) is 5.02 Å². The summed E-state index contributed by atoms with van der Waals surface area (Å²) in [6, 6.07) is 14.7. The molecule has 0 atom stereocenters. The van der Waals surface area contributed by atoms with Gasteiger partial charge >= 0.3 is 0 Å². The van der Waals surface area contributed by atoms with Crippen LogP contribution >= 0.6 is 11.6 Å². The molecule has 0 spiro atoms. The highest BCUT2D eigenvalue weighted by molar-refractivity contribution is 6.34. The van der Waals surface area contributed by atoms with Gasteiger partial charge in [0, 0.05) is 6.54 Å². The first-order valence-corrected chi connectivity index (χ1v) is 8.90. The van der Waals surface area contributed by atoms with Gasteiger partial charge in [-0.1, -0.05) is 35.9 Å². The van der Waals surface area contributed by atoms with E-state index in [1.54, 1.807) is 31.4 Å². The molecule has 1 aliphatic rings. The minimum absolute atomic E-state index is 0.232. The highest BCUT2D eigenvalue weighted by Crippen LogP contribution is 2.47. The Kier molecular flexibility index (Phi) is 5.47. The summed E-state index contributed by atoms with van der Waals surface area (Å²) in [5, 5.41) is 6.10. The van der Waals surface area contributed by atoms with Crippen molar-refractivity contribution in [2.75, 3.05) is 19.0 Å². The van der Waals surface area contributed by atoms with Crippen molar-refractivity contribution >= 4 is 29.1 Å². The third-order valence-corrected chi connectivity index (χ3v) is 4.90. The van der Waals surface area contributed by atoms with E-state index < -0.39 is 5.41 Å². The van der Waals surface area contributed by atoms with E-state index in [4.69, 9.17) is 16.3 Å². The van der Waals surface area contributed by atoms with E-state index in [2.05, 4.69) is 10.6 Å². The van der Waals surface area contributed by atoms with Crippen LogP contribution in [-0.2, 0) is 16.0 Å². The van der Waals surface area contributed by atoms with Crippen molar-refractivity contribution in [1.82, 2.24) is 5.32 Å². The van der Waals surface area contributed by atoms with Crippen LogP contribution in [0.4, 0.5) is 5.69 Å². The number of hydrogen-bond acceptors (Lipinski definition) is 3. The summed E-state index contributed by atoms with van der Waals surface area (Å²) in [4.78, 5) is 25.1. The van der Waals surface area contributed by atoms with Gasteiger partial charge in [-0.3, -0.25) is 9.59 Å². The number of ether oxygens (including phenoxy) is 1. The molecule has 1 saturated carbocycles. The maximum Gasteiger partial charge on any atom is 0.240 e. The van der Waals surface area contributed by atoms with Crippen molar-refractivity contribution < 1.29 is 14.3 Å². The minimum Gasteiger partial charge on any atom is -0.497 e. The topological polar surface area (TPSA) is 67.4 Å². The number of anilines is 1. The van der Waals surface area contributed by atoms with E-state index in [1.165, 1.54) is 0 Å². The molecule has 0 radical (unpaired) electrons. The quantitative estimate of drug-likeness (QED) is 0.732. The highest BCUT2D eigenvalue weighted by atomic mass is 35.5. The average Bonchev–Trinajstić information content (AvgIpc) is 3.46. The first-order valence-electron chi connectivity index (χ1n) is 8.52. The number of nitrogens with one attached hydrogen (secondary N) is 2. The third-order valence-electron chi connectivity index (χ3n) is 4.57. The van der Waals surface area contributed by atoms with Crippen LogP contribution in [0.1, 0.15) is 18.4 Å². The van der Waals surface area contributed by atoms with Gasteiger partial charge in [-0.25, -0.2) is 0 Å². The second-order valence-electron chi connectivity index (χ2n) is 6.37. The molecule has 0 heterocycles. The summed E-state index contributed by atoms with van der Waals surface area (Å²) in [5.41, 5.74) is 0.609. The van der Waals surface area contributed by atoms with Gasteiger partial charge in [0.1, 0.15) is 11.2 Å². The predicted molar refractivity (Wildman–Crippen MR) is 101 cm³/mol. The van der Waals surface area contributed by atoms with Crippen LogP contribution in [0.25, 0.3) is 0 Å². The molecule has 6 heteroatoms. The molecule has 0 aliphatic heterocycles. The lowest BCUT2D eigenvalue weighted by Crippen LogP contribution is -2.40. The number of carbonyl (C=O) groups excluding carboxylic acids is 2. The lowest BCUT2D eigenvalue weighted by molar-refractivity contribution is -0.134. The van der Waals surface area contributed by atoms with Crippen molar-refractivity contribution in [1.29, 1.82) is 0 Å². The molecule has 1 fully saturated rings. The van der Waals surface area contributed by atoms with Crippen molar-refractivity contribution in [3.05, 3.63) is 59.1 Å². The Morgan fingerprint density at radius 2 is 1.88 bits per heavy atom. The molecule has 1 aliphatic carbocycles. The number of amides is 2. The van der Waals surface area contributed by atoms with Gasteiger partial charge in [0.15, 0.2) is 0 Å². The standard InChI is InChI=1S/C20H21ClN2O3/c1-26-15-6-4-5-14(13-15)9-12-22-18(24)20(10-11-20)19(25)23-17-8-3-2-7-16(17)21/h2-8,13H,9-12H2,1H3,(H,22,24)(H,23,25). The summed E-state index contributed by atoms with van der Waals surface area (Å²) < 4.78 is 5.19. The molecule has 2 aromatic rings. The van der Waals surface area contributed by atoms with Crippen molar-refractivity contribution in [3.8, 4) is 5.75 Å². The van der Waals surface area contributed by atoms with Crippen LogP contribution in [0, 0.1) is 5.41 Å². The fourth-order valence-corrected chi connectivity index (χ4v) is 2.99. The fourth-order valence-electron chi connectivity index (χ4n) is 2.80. The summed E-state index contributed by atoms with van der Waals surface area (Å²) in [7, 11) is 1.62. The molecule has 0 aromatic heterocycles. The lowest BCUT2D eigenvalue weighted by atomic mass is 10.0. The van der Waals surface area contributed by atoms with Gasteiger partial charge in [0.25, 0.3) is 0 Å². The maximum absolute atomic E-state index is 12.6. The second kappa shape index (κ2) is 7.79. The van der Waals surface area contributed by atoms with Crippen LogP contribution in [0.15, 0.2) is 48.5 Å². The summed E-state index contributed by atoms with van der Waals surface area (Å²) in [6.45, 7) is 0.465. The van der Waals surface area contributed by atoms with Gasteiger partial charge < -0.3 is 15.4 Å². The van der Waals surface area contributed by atoms with Gasteiger partial charge in [-0.2, -0.15) is 0 Å². The molecule has 3 rings (SSSR count). The zero-order valence-corrected chi connectivity index (χ0v) is 15.3. The lowest BCUT2D eigenvalue weighted by Gasteiger charge is -2.16. The number of para-hydroxylation sites is 1. The molecule has 2 N–H and O–H groups in total. The monoisotopic (exact) mass is 372 g/mol. The average molecular weight is 373 g/mol. The van der Waals surface area contributed by atoms with Gasteiger partial charge in [-0.15, -0.1) is 0 Å². The van der Waals surface area contributed by atoms with Crippen LogP contribution in [0.5, 0.6) is 5.75 Å². The zero-order valence-electron chi connectivity index (χ0n) is 14.5. The smallest absolute Gasteiger partial charge is 0.240 e. The third kappa shape index (κ3) is 3.99. The summed E-state index contributed by atoms with van der Waals surface area (Å²) >= 11 is 6.07. The summed E-state index contributed by atoms with van der Waals surface area (Å²) in [5.74, 6) is 0.251. The number of benzene rings is 2. The van der Waals surface area contributed by atoms with Gasteiger partial charge in [0.2, 0.25) is 11.8 Å². The van der Waals surface area contributed by atoms with E-state index in [1.807, 2.05) is 24.3 Å². The Bertz CT molecular complexity index is 818. The molecule has 0 bridgehead atoms. The second-order valence-corrected chi connectivity index (χ2v) is 6.78. The Labute approximate surface area is 157 Å². The molecular weight excluding hydrogens is 352 g/mol.